The van der Waals surface area contributed by atoms with Gasteiger partial charge in [0.25, 0.3) is 11.1 Å². The zero-order valence-corrected chi connectivity index (χ0v) is 17.4. The Hall–Kier alpha value is -1.95. The maximum absolute atomic E-state index is 12.7. The molecule has 0 saturated carbocycles. The van der Waals surface area contributed by atoms with Gasteiger partial charge in [-0.05, 0) is 66.1 Å². The number of rotatable bonds is 4. The van der Waals surface area contributed by atoms with Crippen molar-refractivity contribution in [3.8, 4) is 0 Å². The number of carbonyl (C=O) groups is 2. The maximum atomic E-state index is 12.7. The van der Waals surface area contributed by atoms with E-state index in [1.54, 1.807) is 24.3 Å². The number of halogens is 2. The van der Waals surface area contributed by atoms with Crippen LogP contribution in [-0.2, 0) is 11.3 Å². The molecule has 28 heavy (non-hydrogen) atoms. The van der Waals surface area contributed by atoms with E-state index in [2.05, 4.69) is 17.0 Å². The second kappa shape index (κ2) is 8.19. The van der Waals surface area contributed by atoms with Gasteiger partial charge in [-0.2, -0.15) is 0 Å². The zero-order valence-electron chi connectivity index (χ0n) is 15.0. The number of imide groups is 1. The van der Waals surface area contributed by atoms with Gasteiger partial charge in [0.15, 0.2) is 0 Å². The van der Waals surface area contributed by atoms with Crippen molar-refractivity contribution in [3.05, 3.63) is 68.5 Å². The molecule has 2 heterocycles. The highest BCUT2D eigenvalue weighted by molar-refractivity contribution is 8.18. The summed E-state index contributed by atoms with van der Waals surface area (Å²) >= 11 is 12.9. The van der Waals surface area contributed by atoms with Crippen LogP contribution < -0.4 is 4.90 Å². The quantitative estimate of drug-likeness (QED) is 0.569. The van der Waals surface area contributed by atoms with Crippen molar-refractivity contribution >= 4 is 57.9 Å². The molecular weight excluding hydrogens is 415 g/mol. The summed E-state index contributed by atoms with van der Waals surface area (Å²) in [5.74, 6) is -0.287. The fourth-order valence-corrected chi connectivity index (χ4v) is 4.52. The van der Waals surface area contributed by atoms with Crippen LogP contribution in [0.5, 0.6) is 0 Å². The van der Waals surface area contributed by atoms with Gasteiger partial charge < -0.3 is 4.90 Å². The average molecular weight is 433 g/mol. The molecule has 2 aliphatic heterocycles. The van der Waals surface area contributed by atoms with Gasteiger partial charge in [-0.1, -0.05) is 41.4 Å². The minimum Gasteiger partial charge on any atom is -0.372 e. The van der Waals surface area contributed by atoms with Gasteiger partial charge >= 0.3 is 0 Å². The molecular formula is C21H18Cl2N2O2S. The van der Waals surface area contributed by atoms with Crippen LogP contribution in [0.2, 0.25) is 10.0 Å². The maximum Gasteiger partial charge on any atom is 0.293 e. The minimum atomic E-state index is -0.287. The molecule has 0 aromatic heterocycles. The Labute approximate surface area is 178 Å². The number of amides is 2. The number of benzene rings is 2. The first kappa shape index (κ1) is 19.4. The molecule has 2 amide bonds. The van der Waals surface area contributed by atoms with Crippen molar-refractivity contribution in [2.24, 2.45) is 0 Å². The molecule has 2 aliphatic rings. The highest BCUT2D eigenvalue weighted by Gasteiger charge is 2.35. The molecule has 2 fully saturated rings. The van der Waals surface area contributed by atoms with E-state index in [0.717, 1.165) is 36.0 Å². The predicted octanol–water partition coefficient (Wildman–Crippen LogP) is 5.83. The summed E-state index contributed by atoms with van der Waals surface area (Å²) in [6.45, 7) is 2.35. The Morgan fingerprint density at radius 3 is 2.36 bits per heavy atom. The van der Waals surface area contributed by atoms with E-state index in [9.17, 15) is 9.59 Å². The molecule has 7 heteroatoms. The molecule has 0 unspecified atom stereocenters. The summed E-state index contributed by atoms with van der Waals surface area (Å²) in [4.78, 5) is 29.0. The minimum absolute atomic E-state index is 0.173. The van der Waals surface area contributed by atoms with E-state index in [-0.39, 0.29) is 17.7 Å². The van der Waals surface area contributed by atoms with Gasteiger partial charge in [0.1, 0.15) is 0 Å². The highest BCUT2D eigenvalue weighted by Crippen LogP contribution is 2.34. The Kier molecular flexibility index (Phi) is 5.67. The van der Waals surface area contributed by atoms with Gasteiger partial charge in [0.2, 0.25) is 0 Å². The van der Waals surface area contributed by atoms with Crippen LogP contribution in [0.3, 0.4) is 0 Å². The molecule has 0 radical (unpaired) electrons. The van der Waals surface area contributed by atoms with Crippen molar-refractivity contribution in [1.82, 2.24) is 4.90 Å². The van der Waals surface area contributed by atoms with Crippen molar-refractivity contribution in [2.75, 3.05) is 18.0 Å². The fourth-order valence-electron chi connectivity index (χ4n) is 3.36. The van der Waals surface area contributed by atoms with Gasteiger partial charge in [-0.25, -0.2) is 0 Å². The average Bonchev–Trinajstić information content (AvgIpc) is 3.30. The van der Waals surface area contributed by atoms with E-state index in [1.165, 1.54) is 23.4 Å². The summed E-state index contributed by atoms with van der Waals surface area (Å²) in [6, 6.07) is 13.2. The van der Waals surface area contributed by atoms with E-state index in [4.69, 9.17) is 23.2 Å². The lowest BCUT2D eigenvalue weighted by atomic mass is 10.1. The van der Waals surface area contributed by atoms with Gasteiger partial charge in [0, 0.05) is 18.8 Å². The first-order valence-electron chi connectivity index (χ1n) is 9.05. The second-order valence-electron chi connectivity index (χ2n) is 6.80. The van der Waals surface area contributed by atoms with Gasteiger partial charge in [0.05, 0.1) is 21.5 Å². The summed E-state index contributed by atoms with van der Waals surface area (Å²) in [6.07, 6.45) is 4.23. The van der Waals surface area contributed by atoms with Crippen molar-refractivity contribution < 1.29 is 9.59 Å². The largest absolute Gasteiger partial charge is 0.372 e. The van der Waals surface area contributed by atoms with Crippen molar-refractivity contribution in [1.29, 1.82) is 0 Å². The van der Waals surface area contributed by atoms with Crippen LogP contribution in [0.25, 0.3) is 6.08 Å². The third-order valence-corrected chi connectivity index (χ3v) is 6.51. The number of anilines is 1. The summed E-state index contributed by atoms with van der Waals surface area (Å²) in [5.41, 5.74) is 2.86. The molecule has 0 spiro atoms. The van der Waals surface area contributed by atoms with Crippen LogP contribution in [-0.4, -0.2) is 29.1 Å². The normalized spacial score (nSPS) is 18.6. The molecule has 4 nitrogen and oxygen atoms in total. The molecule has 0 atom stereocenters. The van der Waals surface area contributed by atoms with Crippen LogP contribution in [0.1, 0.15) is 24.0 Å². The number of thioether (sulfide) groups is 1. The topological polar surface area (TPSA) is 40.6 Å². The van der Waals surface area contributed by atoms with Gasteiger partial charge in [-0.3, -0.25) is 14.5 Å². The molecule has 0 N–H and O–H groups in total. The summed E-state index contributed by atoms with van der Waals surface area (Å²) < 4.78 is 0. The zero-order chi connectivity index (χ0) is 19.7. The van der Waals surface area contributed by atoms with Crippen LogP contribution in [0.4, 0.5) is 10.5 Å². The Bertz CT molecular complexity index is 953. The Morgan fingerprint density at radius 1 is 0.964 bits per heavy atom. The van der Waals surface area contributed by atoms with E-state index in [1.807, 2.05) is 12.1 Å². The smallest absolute Gasteiger partial charge is 0.293 e. The number of nitrogens with zero attached hydrogens (tertiary/aromatic N) is 2. The number of hydrogen-bond acceptors (Lipinski definition) is 4. The number of hydrogen-bond donors (Lipinski definition) is 0. The third kappa shape index (κ3) is 4.07. The molecule has 2 aromatic rings. The van der Waals surface area contributed by atoms with E-state index < -0.39 is 0 Å². The lowest BCUT2D eigenvalue weighted by Crippen LogP contribution is -2.27. The lowest BCUT2D eigenvalue weighted by molar-refractivity contribution is -0.123. The molecule has 0 aliphatic carbocycles. The molecule has 4 rings (SSSR count). The Morgan fingerprint density at radius 2 is 1.68 bits per heavy atom. The van der Waals surface area contributed by atoms with Crippen molar-refractivity contribution in [2.45, 2.75) is 19.4 Å². The third-order valence-electron chi connectivity index (χ3n) is 4.86. The summed E-state index contributed by atoms with van der Waals surface area (Å²) in [5, 5.41) is 0.563. The SMILES string of the molecule is O=C1S/C(=C/c2ccc(N3CCCC3)cc2)C(=O)N1Cc1ccc(Cl)c(Cl)c1. The second-order valence-corrected chi connectivity index (χ2v) is 8.61. The van der Waals surface area contributed by atoms with Gasteiger partial charge in [-0.15, -0.1) is 0 Å². The van der Waals surface area contributed by atoms with E-state index in [0.29, 0.717) is 15.0 Å². The van der Waals surface area contributed by atoms with Crippen molar-refractivity contribution in [3.63, 3.8) is 0 Å². The monoisotopic (exact) mass is 432 g/mol. The first-order chi connectivity index (χ1) is 13.5. The molecule has 144 valence electrons. The van der Waals surface area contributed by atoms with E-state index >= 15 is 0 Å². The molecule has 0 bridgehead atoms. The fraction of sp³-hybridized carbons (Fsp3) is 0.238. The van der Waals surface area contributed by atoms with Crippen LogP contribution in [0, 0.1) is 0 Å². The predicted molar refractivity (Wildman–Crippen MR) is 116 cm³/mol. The summed E-state index contributed by atoms with van der Waals surface area (Å²) in [7, 11) is 0. The standard InChI is InChI=1S/C21H18Cl2N2O2S/c22-17-8-5-15(11-18(17)23)13-25-20(26)19(28-21(25)27)12-14-3-6-16(7-4-14)24-9-1-2-10-24/h3-8,11-12H,1-2,9-10,13H2/b19-12+. The number of carbonyl (C=O) groups excluding carboxylic acids is 2. The molecule has 2 saturated heterocycles. The first-order valence-corrected chi connectivity index (χ1v) is 10.6. The Balaban J connectivity index is 1.49. The highest BCUT2D eigenvalue weighted by atomic mass is 35.5. The van der Waals surface area contributed by atoms with Crippen LogP contribution >= 0.6 is 35.0 Å². The molecule has 2 aromatic carbocycles. The van der Waals surface area contributed by atoms with Crippen LogP contribution in [0.15, 0.2) is 47.4 Å². The lowest BCUT2D eigenvalue weighted by Gasteiger charge is -2.17.